The molecule has 0 aromatic rings. The first-order valence-corrected chi connectivity index (χ1v) is 7.30. The van der Waals surface area contributed by atoms with Crippen molar-refractivity contribution in [2.75, 3.05) is 37.9 Å². The summed E-state index contributed by atoms with van der Waals surface area (Å²) in [6.07, 6.45) is 1.18. The lowest BCUT2D eigenvalue weighted by Gasteiger charge is -2.04. The number of ether oxygens (including phenoxy) is 2. The van der Waals surface area contributed by atoms with E-state index in [-0.39, 0.29) is 11.5 Å². The predicted octanol–water partition coefficient (Wildman–Crippen LogP) is 1.25. The average Bonchev–Trinajstić information content (AvgIpc) is 2.20. The monoisotopic (exact) mass is 238 g/mol. The van der Waals surface area contributed by atoms with Gasteiger partial charge in [0.2, 0.25) is 0 Å². The Morgan fingerprint density at radius 3 is 1.60 bits per heavy atom. The van der Waals surface area contributed by atoms with E-state index >= 15 is 0 Å². The highest BCUT2D eigenvalue weighted by molar-refractivity contribution is 7.91. The van der Waals surface area contributed by atoms with Crippen molar-refractivity contribution in [3.63, 3.8) is 0 Å². The maximum Gasteiger partial charge on any atom is 0.150 e. The summed E-state index contributed by atoms with van der Waals surface area (Å²) in [5.41, 5.74) is 0. The van der Waals surface area contributed by atoms with Crippen LogP contribution in [0.15, 0.2) is 0 Å². The molecule has 0 N–H and O–H groups in total. The van der Waals surface area contributed by atoms with Gasteiger partial charge in [0.05, 0.1) is 11.5 Å². The average molecular weight is 238 g/mol. The lowest BCUT2D eigenvalue weighted by atomic mass is 10.5. The van der Waals surface area contributed by atoms with E-state index in [1.165, 1.54) is 0 Å². The zero-order valence-corrected chi connectivity index (χ0v) is 10.5. The summed E-state index contributed by atoms with van der Waals surface area (Å²) in [6, 6.07) is 0. The number of hydrogen-bond acceptors (Lipinski definition) is 4. The molecule has 0 aromatic carbocycles. The molecule has 92 valence electrons. The molecule has 0 saturated heterocycles. The van der Waals surface area contributed by atoms with Gasteiger partial charge in [-0.1, -0.05) is 0 Å². The van der Waals surface area contributed by atoms with Gasteiger partial charge < -0.3 is 9.47 Å². The minimum Gasteiger partial charge on any atom is -0.382 e. The lowest BCUT2D eigenvalue weighted by Crippen LogP contribution is -2.14. The van der Waals surface area contributed by atoms with Crippen molar-refractivity contribution < 1.29 is 17.9 Å². The molecule has 0 bridgehead atoms. The van der Waals surface area contributed by atoms with Gasteiger partial charge in [-0.15, -0.1) is 0 Å². The fraction of sp³-hybridized carbons (Fsp3) is 1.00. The van der Waals surface area contributed by atoms with Crippen LogP contribution < -0.4 is 0 Å². The van der Waals surface area contributed by atoms with Gasteiger partial charge in [-0.05, 0) is 26.7 Å². The molecule has 0 radical (unpaired) electrons. The van der Waals surface area contributed by atoms with E-state index in [2.05, 4.69) is 0 Å². The molecule has 0 aliphatic rings. The first-order chi connectivity index (χ1) is 7.12. The molecule has 15 heavy (non-hydrogen) atoms. The molecular formula is C10H22O4S. The van der Waals surface area contributed by atoms with Gasteiger partial charge in [0.1, 0.15) is 9.84 Å². The summed E-state index contributed by atoms with van der Waals surface area (Å²) in [7, 11) is -2.90. The second kappa shape index (κ2) is 9.12. The summed E-state index contributed by atoms with van der Waals surface area (Å²) in [6.45, 7) is 6.14. The van der Waals surface area contributed by atoms with Gasteiger partial charge in [0.25, 0.3) is 0 Å². The third kappa shape index (κ3) is 10.2. The Bertz CT molecular complexity index is 206. The maximum atomic E-state index is 11.4. The van der Waals surface area contributed by atoms with Crippen LogP contribution in [0.3, 0.4) is 0 Å². The number of rotatable bonds is 10. The third-order valence-electron chi connectivity index (χ3n) is 1.90. The molecule has 0 heterocycles. The minimum absolute atomic E-state index is 0.221. The van der Waals surface area contributed by atoms with Crippen LogP contribution in [0.25, 0.3) is 0 Å². The van der Waals surface area contributed by atoms with Crippen molar-refractivity contribution in [3.8, 4) is 0 Å². The van der Waals surface area contributed by atoms with Crippen molar-refractivity contribution in [2.24, 2.45) is 0 Å². The van der Waals surface area contributed by atoms with Gasteiger partial charge in [-0.3, -0.25) is 0 Å². The summed E-state index contributed by atoms with van der Waals surface area (Å²) in [5.74, 6) is 0.443. The number of hydrogen-bond donors (Lipinski definition) is 0. The van der Waals surface area contributed by atoms with Gasteiger partial charge in [-0.2, -0.15) is 0 Å². The second-order valence-electron chi connectivity index (χ2n) is 3.25. The smallest absolute Gasteiger partial charge is 0.150 e. The van der Waals surface area contributed by atoms with Gasteiger partial charge in [0.15, 0.2) is 0 Å². The van der Waals surface area contributed by atoms with Crippen molar-refractivity contribution in [2.45, 2.75) is 26.7 Å². The first kappa shape index (κ1) is 14.9. The van der Waals surface area contributed by atoms with Crippen molar-refractivity contribution >= 4 is 9.84 Å². The number of sulfone groups is 1. The largest absolute Gasteiger partial charge is 0.382 e. The van der Waals surface area contributed by atoms with E-state index in [4.69, 9.17) is 9.47 Å². The SMILES string of the molecule is CCOCCCS(=O)(=O)CCCOCC. The third-order valence-corrected chi connectivity index (χ3v) is 3.72. The topological polar surface area (TPSA) is 52.6 Å². The highest BCUT2D eigenvalue weighted by Gasteiger charge is 2.09. The first-order valence-electron chi connectivity index (χ1n) is 5.48. The molecule has 0 atom stereocenters. The fourth-order valence-electron chi connectivity index (χ4n) is 1.15. The van der Waals surface area contributed by atoms with E-state index in [0.29, 0.717) is 39.3 Å². The molecule has 5 heteroatoms. The molecule has 0 spiro atoms. The van der Waals surface area contributed by atoms with Crippen LogP contribution in [0.4, 0.5) is 0 Å². The van der Waals surface area contributed by atoms with E-state index in [0.717, 1.165) is 0 Å². The highest BCUT2D eigenvalue weighted by atomic mass is 32.2. The fourth-order valence-corrected chi connectivity index (χ4v) is 2.47. The Morgan fingerprint density at radius 1 is 0.867 bits per heavy atom. The second-order valence-corrected chi connectivity index (χ2v) is 5.56. The van der Waals surface area contributed by atoms with Crippen LogP contribution >= 0.6 is 0 Å². The normalized spacial score (nSPS) is 11.9. The van der Waals surface area contributed by atoms with Gasteiger partial charge >= 0.3 is 0 Å². The lowest BCUT2D eigenvalue weighted by molar-refractivity contribution is 0.147. The molecule has 0 fully saturated rings. The maximum absolute atomic E-state index is 11.4. The van der Waals surface area contributed by atoms with Crippen molar-refractivity contribution in [3.05, 3.63) is 0 Å². The predicted molar refractivity (Wildman–Crippen MR) is 60.9 cm³/mol. The summed E-state index contributed by atoms with van der Waals surface area (Å²) < 4.78 is 33.1. The Labute approximate surface area is 92.9 Å². The highest BCUT2D eigenvalue weighted by Crippen LogP contribution is 1.98. The van der Waals surface area contributed by atoms with Gasteiger partial charge in [0, 0.05) is 26.4 Å². The van der Waals surface area contributed by atoms with Crippen LogP contribution in [0.5, 0.6) is 0 Å². The van der Waals surface area contributed by atoms with E-state index in [1.807, 2.05) is 13.8 Å². The van der Waals surface area contributed by atoms with Crippen LogP contribution in [0.1, 0.15) is 26.7 Å². The summed E-state index contributed by atoms with van der Waals surface area (Å²) in [4.78, 5) is 0. The Morgan fingerprint density at radius 2 is 1.27 bits per heavy atom. The van der Waals surface area contributed by atoms with Crippen LogP contribution in [0, 0.1) is 0 Å². The molecule has 0 aromatic heterocycles. The van der Waals surface area contributed by atoms with E-state index < -0.39 is 9.84 Å². The van der Waals surface area contributed by atoms with E-state index in [9.17, 15) is 8.42 Å². The molecule has 0 aliphatic heterocycles. The Balaban J connectivity index is 3.50. The van der Waals surface area contributed by atoms with E-state index in [1.54, 1.807) is 0 Å². The molecule has 0 unspecified atom stereocenters. The summed E-state index contributed by atoms with van der Waals surface area (Å²) >= 11 is 0. The Kier molecular flexibility index (Phi) is 9.04. The zero-order chi connectivity index (χ0) is 11.6. The summed E-state index contributed by atoms with van der Waals surface area (Å²) in [5, 5.41) is 0. The molecule has 0 aliphatic carbocycles. The van der Waals surface area contributed by atoms with Crippen molar-refractivity contribution in [1.82, 2.24) is 0 Å². The Hall–Kier alpha value is -0.130. The van der Waals surface area contributed by atoms with Crippen LogP contribution in [0.2, 0.25) is 0 Å². The molecule has 0 saturated carbocycles. The van der Waals surface area contributed by atoms with Crippen molar-refractivity contribution in [1.29, 1.82) is 0 Å². The quantitative estimate of drug-likeness (QED) is 0.538. The molecular weight excluding hydrogens is 216 g/mol. The minimum atomic E-state index is -2.90. The standard InChI is InChI=1S/C10H22O4S/c1-3-13-7-5-9-15(11,12)10-6-8-14-4-2/h3-10H2,1-2H3. The zero-order valence-electron chi connectivity index (χ0n) is 9.70. The van der Waals surface area contributed by atoms with Gasteiger partial charge in [-0.25, -0.2) is 8.42 Å². The molecule has 0 amide bonds. The van der Waals surface area contributed by atoms with Crippen LogP contribution in [-0.2, 0) is 19.3 Å². The molecule has 4 nitrogen and oxygen atoms in total. The van der Waals surface area contributed by atoms with Crippen LogP contribution in [-0.4, -0.2) is 46.4 Å². The molecule has 0 rings (SSSR count).